The quantitative estimate of drug-likeness (QED) is 0.890. The molecule has 1 amide bonds. The zero-order valence-corrected chi connectivity index (χ0v) is 13.2. The molecule has 0 fully saturated rings. The number of amides is 1. The van der Waals surface area contributed by atoms with Crippen molar-refractivity contribution in [2.24, 2.45) is 11.7 Å². The summed E-state index contributed by atoms with van der Waals surface area (Å²) in [6.07, 6.45) is 0. The van der Waals surface area contributed by atoms with Gasteiger partial charge in [-0.15, -0.1) is 0 Å². The van der Waals surface area contributed by atoms with Crippen molar-refractivity contribution in [2.75, 3.05) is 12.4 Å². The smallest absolute Gasteiger partial charge is 0.229 e. The molecule has 0 aliphatic heterocycles. The number of benzene rings is 2. The Morgan fingerprint density at radius 1 is 1.18 bits per heavy atom. The van der Waals surface area contributed by atoms with Crippen LogP contribution in [0.3, 0.4) is 0 Å². The molecule has 2 rings (SSSR count). The SMILES string of the molecule is COc1cc(C)ccc1NC(=O)C(C)C(N)c1ccccc1. The molecule has 0 radical (unpaired) electrons. The van der Waals surface area contributed by atoms with Crippen molar-refractivity contribution in [2.45, 2.75) is 19.9 Å². The Labute approximate surface area is 131 Å². The summed E-state index contributed by atoms with van der Waals surface area (Å²) < 4.78 is 5.31. The second-order valence-electron chi connectivity index (χ2n) is 5.42. The van der Waals surface area contributed by atoms with Crippen molar-refractivity contribution >= 4 is 11.6 Å². The Morgan fingerprint density at radius 2 is 1.86 bits per heavy atom. The molecule has 0 aliphatic rings. The summed E-state index contributed by atoms with van der Waals surface area (Å²) in [6, 6.07) is 14.9. The van der Waals surface area contributed by atoms with E-state index >= 15 is 0 Å². The van der Waals surface area contributed by atoms with Gasteiger partial charge in [-0.3, -0.25) is 4.79 Å². The van der Waals surface area contributed by atoms with Gasteiger partial charge in [-0.2, -0.15) is 0 Å². The standard InChI is InChI=1S/C18H22N2O2/c1-12-9-10-15(16(11-12)22-3)20-18(21)13(2)17(19)14-7-5-4-6-8-14/h4-11,13,17H,19H2,1-3H3,(H,20,21). The van der Waals surface area contributed by atoms with Gasteiger partial charge in [0.15, 0.2) is 0 Å². The molecule has 3 N–H and O–H groups in total. The Morgan fingerprint density at radius 3 is 2.50 bits per heavy atom. The average Bonchev–Trinajstić information content (AvgIpc) is 2.55. The highest BCUT2D eigenvalue weighted by atomic mass is 16.5. The average molecular weight is 298 g/mol. The number of carbonyl (C=O) groups excluding carboxylic acids is 1. The first-order valence-electron chi connectivity index (χ1n) is 7.29. The van der Waals surface area contributed by atoms with Crippen LogP contribution in [0.25, 0.3) is 0 Å². The fraction of sp³-hybridized carbons (Fsp3) is 0.278. The highest BCUT2D eigenvalue weighted by Gasteiger charge is 2.22. The van der Waals surface area contributed by atoms with E-state index in [9.17, 15) is 4.79 Å². The molecule has 22 heavy (non-hydrogen) atoms. The molecular formula is C18H22N2O2. The lowest BCUT2D eigenvalue weighted by atomic mass is 9.94. The van der Waals surface area contributed by atoms with Crippen molar-refractivity contribution in [3.8, 4) is 5.75 Å². The molecule has 4 nitrogen and oxygen atoms in total. The van der Waals surface area contributed by atoms with Gasteiger partial charge in [0.2, 0.25) is 5.91 Å². The first-order valence-corrected chi connectivity index (χ1v) is 7.29. The van der Waals surface area contributed by atoms with Crippen LogP contribution in [0.1, 0.15) is 24.1 Å². The van der Waals surface area contributed by atoms with Crippen LogP contribution in [0.4, 0.5) is 5.69 Å². The first-order chi connectivity index (χ1) is 10.5. The maximum absolute atomic E-state index is 12.4. The molecule has 2 aromatic rings. The molecule has 0 saturated carbocycles. The fourth-order valence-electron chi connectivity index (χ4n) is 2.28. The molecular weight excluding hydrogens is 276 g/mol. The number of aryl methyl sites for hydroxylation is 1. The Bertz CT molecular complexity index is 641. The molecule has 0 aromatic heterocycles. The van der Waals surface area contributed by atoms with Crippen LogP contribution in [0.2, 0.25) is 0 Å². The van der Waals surface area contributed by atoms with E-state index in [4.69, 9.17) is 10.5 Å². The van der Waals surface area contributed by atoms with Gasteiger partial charge in [0.05, 0.1) is 18.7 Å². The maximum Gasteiger partial charge on any atom is 0.229 e. The van der Waals surface area contributed by atoms with Gasteiger partial charge < -0.3 is 15.8 Å². The summed E-state index contributed by atoms with van der Waals surface area (Å²) in [4.78, 5) is 12.4. The number of carbonyl (C=O) groups is 1. The summed E-state index contributed by atoms with van der Waals surface area (Å²) in [6.45, 7) is 3.80. The van der Waals surface area contributed by atoms with Crippen molar-refractivity contribution in [3.63, 3.8) is 0 Å². The Kier molecular flexibility index (Phi) is 5.17. The minimum absolute atomic E-state index is 0.126. The summed E-state index contributed by atoms with van der Waals surface area (Å²) in [5.74, 6) is 0.167. The third-order valence-corrected chi connectivity index (χ3v) is 3.75. The molecule has 0 spiro atoms. The maximum atomic E-state index is 12.4. The van der Waals surface area contributed by atoms with Crippen LogP contribution in [-0.2, 0) is 4.79 Å². The van der Waals surface area contributed by atoms with E-state index in [1.54, 1.807) is 7.11 Å². The Hall–Kier alpha value is -2.33. The Balaban J connectivity index is 2.12. The van der Waals surface area contributed by atoms with E-state index in [0.717, 1.165) is 11.1 Å². The molecule has 0 bridgehead atoms. The molecule has 0 aliphatic carbocycles. The number of nitrogens with two attached hydrogens (primary N) is 1. The number of ether oxygens (including phenoxy) is 1. The summed E-state index contributed by atoms with van der Waals surface area (Å²) in [7, 11) is 1.59. The van der Waals surface area contributed by atoms with E-state index in [1.165, 1.54) is 0 Å². The van der Waals surface area contributed by atoms with Crippen molar-refractivity contribution < 1.29 is 9.53 Å². The van der Waals surface area contributed by atoms with Gasteiger partial charge in [0.1, 0.15) is 5.75 Å². The zero-order chi connectivity index (χ0) is 16.1. The predicted molar refractivity (Wildman–Crippen MR) is 88.9 cm³/mol. The van der Waals surface area contributed by atoms with Crippen molar-refractivity contribution in [3.05, 3.63) is 59.7 Å². The minimum atomic E-state index is -0.353. The van der Waals surface area contributed by atoms with Gasteiger partial charge in [0.25, 0.3) is 0 Å². The monoisotopic (exact) mass is 298 g/mol. The zero-order valence-electron chi connectivity index (χ0n) is 13.2. The summed E-state index contributed by atoms with van der Waals surface area (Å²) in [5, 5.41) is 2.90. The number of hydrogen-bond acceptors (Lipinski definition) is 3. The van der Waals surface area contributed by atoms with E-state index in [1.807, 2.05) is 62.4 Å². The van der Waals surface area contributed by atoms with Crippen LogP contribution in [0, 0.1) is 12.8 Å². The second-order valence-corrected chi connectivity index (χ2v) is 5.42. The minimum Gasteiger partial charge on any atom is -0.495 e. The van der Waals surface area contributed by atoms with Crippen molar-refractivity contribution in [1.29, 1.82) is 0 Å². The molecule has 0 saturated heterocycles. The van der Waals surface area contributed by atoms with E-state index in [-0.39, 0.29) is 17.9 Å². The van der Waals surface area contributed by atoms with Crippen molar-refractivity contribution in [1.82, 2.24) is 0 Å². The van der Waals surface area contributed by atoms with Gasteiger partial charge in [-0.1, -0.05) is 43.3 Å². The highest BCUT2D eigenvalue weighted by molar-refractivity contribution is 5.94. The number of anilines is 1. The van der Waals surface area contributed by atoms with Gasteiger partial charge in [-0.05, 0) is 30.2 Å². The third-order valence-electron chi connectivity index (χ3n) is 3.75. The first kappa shape index (κ1) is 16.0. The van der Waals surface area contributed by atoms with Crippen LogP contribution < -0.4 is 15.8 Å². The highest BCUT2D eigenvalue weighted by Crippen LogP contribution is 2.27. The van der Waals surface area contributed by atoms with E-state index in [0.29, 0.717) is 11.4 Å². The van der Waals surface area contributed by atoms with Gasteiger partial charge in [0, 0.05) is 6.04 Å². The molecule has 2 unspecified atom stereocenters. The van der Waals surface area contributed by atoms with Gasteiger partial charge >= 0.3 is 0 Å². The number of nitrogens with one attached hydrogen (secondary N) is 1. The molecule has 116 valence electrons. The third kappa shape index (κ3) is 3.65. The van der Waals surface area contributed by atoms with E-state index in [2.05, 4.69) is 5.32 Å². The molecule has 4 heteroatoms. The van der Waals surface area contributed by atoms with Gasteiger partial charge in [-0.25, -0.2) is 0 Å². The lowest BCUT2D eigenvalue weighted by molar-refractivity contribution is -0.120. The topological polar surface area (TPSA) is 64.3 Å². The van der Waals surface area contributed by atoms with Crippen LogP contribution in [-0.4, -0.2) is 13.0 Å². The lowest BCUT2D eigenvalue weighted by Crippen LogP contribution is -2.30. The normalized spacial score (nSPS) is 13.3. The fourth-order valence-corrected chi connectivity index (χ4v) is 2.28. The second kappa shape index (κ2) is 7.09. The molecule has 2 aromatic carbocycles. The summed E-state index contributed by atoms with van der Waals surface area (Å²) >= 11 is 0. The van der Waals surface area contributed by atoms with Crippen LogP contribution in [0.15, 0.2) is 48.5 Å². The molecule has 0 heterocycles. The largest absolute Gasteiger partial charge is 0.495 e. The van der Waals surface area contributed by atoms with Crippen LogP contribution in [0.5, 0.6) is 5.75 Å². The van der Waals surface area contributed by atoms with Crippen LogP contribution >= 0.6 is 0 Å². The number of hydrogen-bond donors (Lipinski definition) is 2. The predicted octanol–water partition coefficient (Wildman–Crippen LogP) is 3.28. The lowest BCUT2D eigenvalue weighted by Gasteiger charge is -2.20. The number of methoxy groups -OCH3 is 1. The number of rotatable bonds is 5. The van der Waals surface area contributed by atoms with E-state index < -0.39 is 0 Å². The molecule has 2 atom stereocenters. The summed E-state index contributed by atoms with van der Waals surface area (Å²) in [5.41, 5.74) is 8.87.